The van der Waals surface area contributed by atoms with Gasteiger partial charge in [-0.05, 0) is 67.1 Å². The molecule has 1 saturated heterocycles. The third-order valence-electron chi connectivity index (χ3n) is 6.13. The Morgan fingerprint density at radius 1 is 1.31 bits per heavy atom. The molecule has 0 bridgehead atoms. The Labute approximate surface area is 216 Å². The molecule has 1 aromatic carbocycles. The van der Waals surface area contributed by atoms with Crippen molar-refractivity contribution in [1.82, 2.24) is 29.7 Å². The van der Waals surface area contributed by atoms with Crippen molar-refractivity contribution < 1.29 is 14.3 Å². The number of urea groups is 1. The average Bonchev–Trinajstić information content (AvgIpc) is 3.42. The van der Waals surface area contributed by atoms with Gasteiger partial charge < -0.3 is 30.0 Å². The number of nitrogen functional groups attached to an aromatic ring is 1. The van der Waals surface area contributed by atoms with Gasteiger partial charge in [0, 0.05) is 35.0 Å². The molecule has 2 aliphatic rings. The number of benzene rings is 1. The van der Waals surface area contributed by atoms with E-state index in [0.29, 0.717) is 40.9 Å². The minimum atomic E-state index is 0.0159. The number of rotatable bonds is 6. The van der Waals surface area contributed by atoms with Crippen LogP contribution in [-0.4, -0.2) is 56.4 Å². The summed E-state index contributed by atoms with van der Waals surface area (Å²) in [7, 11) is 0. The zero-order valence-corrected chi connectivity index (χ0v) is 22.1. The van der Waals surface area contributed by atoms with Gasteiger partial charge in [-0.15, -0.1) is 0 Å². The normalized spacial score (nSPS) is 17.4. The molecule has 1 fully saturated rings. The second kappa shape index (κ2) is 10.1. The smallest absolute Gasteiger partial charge is 0.317 e. The molecule has 186 valence electrons. The molecular weight excluding hydrogens is 534 g/mol. The number of likely N-dealkylation sites (tertiary alicyclic amines) is 1. The summed E-state index contributed by atoms with van der Waals surface area (Å²) in [5, 5.41) is 3.78. The van der Waals surface area contributed by atoms with Crippen LogP contribution in [0.4, 0.5) is 10.6 Å². The van der Waals surface area contributed by atoms with Crippen molar-refractivity contribution in [2.45, 2.75) is 55.7 Å². The van der Waals surface area contributed by atoms with Gasteiger partial charge in [-0.3, -0.25) is 0 Å². The number of nitrogens with zero attached hydrogens (tertiary/aromatic N) is 5. The number of aromatic nitrogens is 4. The van der Waals surface area contributed by atoms with E-state index in [1.807, 2.05) is 30.9 Å². The number of amides is 2. The van der Waals surface area contributed by atoms with Gasteiger partial charge in [-0.2, -0.15) is 0 Å². The summed E-state index contributed by atoms with van der Waals surface area (Å²) in [4.78, 5) is 28.8. The number of anilines is 1. The van der Waals surface area contributed by atoms with E-state index in [1.54, 1.807) is 0 Å². The topological polar surface area (TPSA) is 120 Å². The van der Waals surface area contributed by atoms with E-state index in [-0.39, 0.29) is 18.9 Å². The van der Waals surface area contributed by atoms with Crippen LogP contribution >= 0.6 is 27.7 Å². The Hall–Kier alpha value is -2.73. The molecule has 2 aliphatic heterocycles. The van der Waals surface area contributed by atoms with E-state index >= 15 is 0 Å². The maximum Gasteiger partial charge on any atom is 0.317 e. The number of ether oxygens (including phenoxy) is 2. The first-order chi connectivity index (χ1) is 16.9. The van der Waals surface area contributed by atoms with Gasteiger partial charge in [0.25, 0.3) is 0 Å². The Morgan fingerprint density at radius 2 is 2.11 bits per heavy atom. The lowest BCUT2D eigenvalue weighted by Gasteiger charge is -2.33. The first kappa shape index (κ1) is 24.0. The number of nitrogens with one attached hydrogen (secondary N) is 1. The molecule has 12 heteroatoms. The lowest BCUT2D eigenvalue weighted by Crippen LogP contribution is -2.47. The summed E-state index contributed by atoms with van der Waals surface area (Å²) in [6.07, 6.45) is 4.46. The molecule has 4 heterocycles. The number of fused-ring (bicyclic) bond motifs is 2. The Kier molecular flexibility index (Phi) is 6.92. The average molecular weight is 562 g/mol. The SMILES string of the molecule is CC(C)NC(=O)N1CCCC(CCn2c(Sc3cc4c(cc3Br)OCO4)nc3c(N)ncnc32)C1. The molecule has 0 spiro atoms. The number of piperidine rings is 1. The number of halogens is 1. The first-order valence-corrected chi connectivity index (χ1v) is 13.3. The molecular formula is C23H28BrN7O3S. The molecule has 3 N–H and O–H groups in total. The zero-order valence-electron chi connectivity index (χ0n) is 19.7. The highest BCUT2D eigenvalue weighted by atomic mass is 79.9. The van der Waals surface area contributed by atoms with Crippen molar-refractivity contribution >= 4 is 50.7 Å². The standard InChI is InChI=1S/C23H28BrN7O3S/c1-13(2)28-22(32)30-6-3-4-14(10-30)5-7-31-21-19(20(25)26-11-27-21)29-23(31)35-18-9-17-16(8-15(18)24)33-12-34-17/h8-9,11,13-14H,3-7,10,12H2,1-2H3,(H,28,32)(H2,25,26,27). The van der Waals surface area contributed by atoms with E-state index in [2.05, 4.69) is 35.8 Å². The lowest BCUT2D eigenvalue weighted by molar-refractivity contribution is 0.158. The van der Waals surface area contributed by atoms with Gasteiger partial charge in [-0.25, -0.2) is 19.7 Å². The minimum absolute atomic E-state index is 0.0159. The summed E-state index contributed by atoms with van der Waals surface area (Å²) in [5.74, 6) is 2.18. The van der Waals surface area contributed by atoms with Gasteiger partial charge in [-0.1, -0.05) is 11.8 Å². The van der Waals surface area contributed by atoms with Crippen LogP contribution in [0.3, 0.4) is 0 Å². The highest BCUT2D eigenvalue weighted by molar-refractivity contribution is 9.10. The summed E-state index contributed by atoms with van der Waals surface area (Å²) in [6, 6.07) is 4.00. The van der Waals surface area contributed by atoms with Crippen molar-refractivity contribution in [2.75, 3.05) is 25.6 Å². The Balaban J connectivity index is 1.37. The molecule has 10 nitrogen and oxygen atoms in total. The van der Waals surface area contributed by atoms with Gasteiger partial charge in [0.15, 0.2) is 33.6 Å². The number of nitrogens with two attached hydrogens (primary N) is 1. The fourth-order valence-electron chi connectivity index (χ4n) is 4.42. The summed E-state index contributed by atoms with van der Waals surface area (Å²) >= 11 is 5.15. The maximum absolute atomic E-state index is 12.5. The molecule has 2 amide bonds. The molecule has 0 saturated carbocycles. The van der Waals surface area contributed by atoms with Crippen molar-refractivity contribution in [3.8, 4) is 11.5 Å². The van der Waals surface area contributed by atoms with Gasteiger partial charge >= 0.3 is 6.03 Å². The van der Waals surface area contributed by atoms with Crippen molar-refractivity contribution in [3.63, 3.8) is 0 Å². The summed E-state index contributed by atoms with van der Waals surface area (Å²) < 4.78 is 14.0. The zero-order chi connectivity index (χ0) is 24.5. The predicted molar refractivity (Wildman–Crippen MR) is 137 cm³/mol. The van der Waals surface area contributed by atoms with Crippen molar-refractivity contribution in [2.24, 2.45) is 5.92 Å². The van der Waals surface area contributed by atoms with Crippen LogP contribution in [0.15, 0.2) is 33.0 Å². The third kappa shape index (κ3) is 5.13. The maximum atomic E-state index is 12.5. The van der Waals surface area contributed by atoms with Crippen LogP contribution in [0.1, 0.15) is 33.1 Å². The second-order valence-electron chi connectivity index (χ2n) is 9.06. The largest absolute Gasteiger partial charge is 0.454 e. The van der Waals surface area contributed by atoms with Crippen LogP contribution < -0.4 is 20.5 Å². The fraction of sp³-hybridized carbons (Fsp3) is 0.478. The van der Waals surface area contributed by atoms with E-state index in [1.165, 1.54) is 18.1 Å². The summed E-state index contributed by atoms with van der Waals surface area (Å²) in [5.41, 5.74) is 7.43. The molecule has 1 atom stereocenters. The molecule has 5 rings (SSSR count). The molecule has 3 aromatic rings. The van der Waals surface area contributed by atoms with Gasteiger partial charge in [0.2, 0.25) is 6.79 Å². The lowest BCUT2D eigenvalue weighted by atomic mass is 9.95. The highest BCUT2D eigenvalue weighted by Gasteiger charge is 2.25. The van der Waals surface area contributed by atoms with Crippen LogP contribution in [-0.2, 0) is 6.54 Å². The number of hydrogen-bond acceptors (Lipinski definition) is 8. The van der Waals surface area contributed by atoms with E-state index in [9.17, 15) is 4.79 Å². The third-order valence-corrected chi connectivity index (χ3v) is 8.10. The van der Waals surface area contributed by atoms with Gasteiger partial charge in [0.1, 0.15) is 6.33 Å². The number of imidazole rings is 1. The number of carbonyl (C=O) groups excluding carboxylic acids is 1. The van der Waals surface area contributed by atoms with E-state index in [0.717, 1.165) is 46.9 Å². The van der Waals surface area contributed by atoms with Crippen LogP contribution in [0.5, 0.6) is 11.5 Å². The molecule has 2 aromatic heterocycles. The number of hydrogen-bond donors (Lipinski definition) is 2. The van der Waals surface area contributed by atoms with E-state index < -0.39 is 0 Å². The Bertz CT molecular complexity index is 1250. The molecule has 0 radical (unpaired) electrons. The molecule has 35 heavy (non-hydrogen) atoms. The predicted octanol–water partition coefficient (Wildman–Crippen LogP) is 4.27. The van der Waals surface area contributed by atoms with Crippen LogP contribution in [0, 0.1) is 5.92 Å². The minimum Gasteiger partial charge on any atom is -0.454 e. The quantitative estimate of drug-likeness (QED) is 0.457. The van der Waals surface area contributed by atoms with Gasteiger partial charge in [0.05, 0.1) is 0 Å². The van der Waals surface area contributed by atoms with Crippen molar-refractivity contribution in [3.05, 3.63) is 22.9 Å². The molecule has 0 aliphatic carbocycles. The first-order valence-electron chi connectivity index (χ1n) is 11.7. The van der Waals surface area contributed by atoms with E-state index in [4.69, 9.17) is 20.2 Å². The molecule has 1 unspecified atom stereocenters. The van der Waals surface area contributed by atoms with Crippen LogP contribution in [0.2, 0.25) is 0 Å². The van der Waals surface area contributed by atoms with Crippen molar-refractivity contribution in [1.29, 1.82) is 0 Å². The number of carbonyl (C=O) groups is 1. The highest BCUT2D eigenvalue weighted by Crippen LogP contribution is 2.43. The summed E-state index contributed by atoms with van der Waals surface area (Å²) in [6.45, 7) is 6.43. The fourth-order valence-corrected chi connectivity index (χ4v) is 5.93. The number of aryl methyl sites for hydroxylation is 1. The monoisotopic (exact) mass is 561 g/mol. The second-order valence-corrected chi connectivity index (χ2v) is 10.9. The van der Waals surface area contributed by atoms with Crippen LogP contribution in [0.25, 0.3) is 11.2 Å². The Morgan fingerprint density at radius 3 is 2.91 bits per heavy atom.